The fourth-order valence-corrected chi connectivity index (χ4v) is 4.26. The van der Waals surface area contributed by atoms with Crippen molar-refractivity contribution < 1.29 is 4.74 Å². The lowest BCUT2D eigenvalue weighted by atomic mass is 10.1. The van der Waals surface area contributed by atoms with Crippen molar-refractivity contribution in [1.29, 1.82) is 5.26 Å². The van der Waals surface area contributed by atoms with E-state index >= 15 is 0 Å². The Kier molecular flexibility index (Phi) is 4.61. The number of anilines is 1. The number of ether oxygens (including phenoxy) is 1. The van der Waals surface area contributed by atoms with Gasteiger partial charge in [0.1, 0.15) is 11.8 Å². The van der Waals surface area contributed by atoms with Gasteiger partial charge in [-0.2, -0.15) is 5.26 Å². The highest BCUT2D eigenvalue weighted by molar-refractivity contribution is 7.28. The maximum atomic E-state index is 10.0. The molecule has 1 N–H and O–H groups in total. The van der Waals surface area contributed by atoms with Crippen LogP contribution in [0.1, 0.15) is 24.4 Å². The molecule has 1 atom stereocenters. The van der Waals surface area contributed by atoms with Gasteiger partial charge in [0, 0.05) is 48.2 Å². The maximum absolute atomic E-state index is 10.0. The minimum absolute atomic E-state index is 0.303. The summed E-state index contributed by atoms with van der Waals surface area (Å²) in [4.78, 5) is 8.27. The summed E-state index contributed by atoms with van der Waals surface area (Å²) in [5.41, 5.74) is 4.75. The first-order chi connectivity index (χ1) is 14.7. The maximum Gasteiger partial charge on any atom is 0.321 e. The smallest absolute Gasteiger partial charge is 0.321 e. The number of aromatic nitrogens is 3. The van der Waals surface area contributed by atoms with E-state index in [1.807, 2.05) is 25.2 Å². The molecule has 0 bridgehead atoms. The third kappa shape index (κ3) is 3.18. The Morgan fingerprint density at radius 1 is 1.17 bits per heavy atom. The molecular formula is C23H20N5OP. The Morgan fingerprint density at radius 3 is 2.63 bits per heavy atom. The number of nitrogens with zero attached hydrogens (tertiary/aromatic N) is 4. The Morgan fingerprint density at radius 2 is 1.97 bits per heavy atom. The van der Waals surface area contributed by atoms with Crippen molar-refractivity contribution in [2.75, 3.05) is 12.4 Å². The van der Waals surface area contributed by atoms with Crippen LogP contribution in [0.4, 0.5) is 5.69 Å². The van der Waals surface area contributed by atoms with Crippen molar-refractivity contribution in [3.63, 3.8) is 0 Å². The monoisotopic (exact) mass is 413 g/mol. The lowest BCUT2D eigenvalue weighted by Gasteiger charge is -2.13. The van der Waals surface area contributed by atoms with Gasteiger partial charge in [-0.1, -0.05) is 6.07 Å². The van der Waals surface area contributed by atoms with E-state index in [-0.39, 0.29) is 0 Å². The van der Waals surface area contributed by atoms with Gasteiger partial charge in [0.2, 0.25) is 0 Å². The Bertz CT molecular complexity index is 1290. The van der Waals surface area contributed by atoms with Gasteiger partial charge in [-0.05, 0) is 48.5 Å². The average Bonchev–Trinajstić information content (AvgIpc) is 3.55. The fraction of sp³-hybridized carbons (Fsp3) is 0.174. The molecule has 7 heteroatoms. The van der Waals surface area contributed by atoms with Crippen LogP contribution in [0.5, 0.6) is 11.8 Å². The van der Waals surface area contributed by atoms with Crippen LogP contribution in [0.3, 0.4) is 0 Å². The molecule has 2 aromatic heterocycles. The molecule has 0 aliphatic heterocycles. The summed E-state index contributed by atoms with van der Waals surface area (Å²) < 4.78 is 8.15. The van der Waals surface area contributed by atoms with Crippen LogP contribution in [0.15, 0.2) is 54.9 Å². The molecule has 30 heavy (non-hydrogen) atoms. The standard InChI is InChI=1S/C23H20N5OP/c1-25-19-8-3-14(11-21(19)30)22-18(13-24)17-7-6-16(29-23-26-9-2-10-27-23)12-20(17)28(22)15-4-5-15/h2-3,6-12,15,25H,4-5,30H2,1H3. The Balaban J connectivity index is 1.70. The second-order valence-corrected chi connectivity index (χ2v) is 7.92. The highest BCUT2D eigenvalue weighted by Crippen LogP contribution is 2.45. The second-order valence-electron chi connectivity index (χ2n) is 7.30. The molecular weight excluding hydrogens is 393 g/mol. The number of rotatable bonds is 5. The van der Waals surface area contributed by atoms with E-state index in [0.29, 0.717) is 23.4 Å². The van der Waals surface area contributed by atoms with Gasteiger partial charge in [-0.15, -0.1) is 9.24 Å². The third-order valence-corrected chi connectivity index (χ3v) is 5.82. The zero-order valence-corrected chi connectivity index (χ0v) is 17.6. The minimum Gasteiger partial charge on any atom is -0.424 e. The third-order valence-electron chi connectivity index (χ3n) is 5.35. The molecule has 1 saturated carbocycles. The van der Waals surface area contributed by atoms with Crippen LogP contribution in [0.25, 0.3) is 22.2 Å². The molecule has 0 radical (unpaired) electrons. The van der Waals surface area contributed by atoms with Crippen molar-refractivity contribution in [3.8, 4) is 29.1 Å². The normalized spacial score (nSPS) is 13.2. The quantitative estimate of drug-likeness (QED) is 0.483. The number of fused-ring (bicyclic) bond motifs is 1. The molecule has 4 aromatic rings. The minimum atomic E-state index is 0.303. The zero-order valence-electron chi connectivity index (χ0n) is 16.5. The van der Waals surface area contributed by atoms with Gasteiger partial charge in [0.05, 0.1) is 16.8 Å². The summed E-state index contributed by atoms with van der Waals surface area (Å²) in [5, 5.41) is 15.2. The average molecular weight is 413 g/mol. The largest absolute Gasteiger partial charge is 0.424 e. The number of hydrogen-bond acceptors (Lipinski definition) is 5. The van der Waals surface area contributed by atoms with E-state index in [1.165, 1.54) is 0 Å². The molecule has 1 fully saturated rings. The van der Waals surface area contributed by atoms with Crippen molar-refractivity contribution in [1.82, 2.24) is 14.5 Å². The molecule has 2 heterocycles. The van der Waals surface area contributed by atoms with E-state index in [0.717, 1.165) is 46.0 Å². The molecule has 1 aliphatic rings. The molecule has 0 saturated heterocycles. The van der Waals surface area contributed by atoms with Crippen LogP contribution in [0.2, 0.25) is 0 Å². The SMILES string of the molecule is CNc1ccc(-c2c(C#N)c3ccc(Oc4ncccn4)cc3n2C2CC2)cc1P. The highest BCUT2D eigenvalue weighted by atomic mass is 31.0. The van der Waals surface area contributed by atoms with Crippen molar-refractivity contribution in [2.24, 2.45) is 0 Å². The van der Waals surface area contributed by atoms with Crippen LogP contribution >= 0.6 is 9.24 Å². The molecule has 2 aromatic carbocycles. The number of nitrogens with one attached hydrogen (secondary N) is 1. The first-order valence-corrected chi connectivity index (χ1v) is 10.4. The molecule has 0 amide bonds. The van der Waals surface area contributed by atoms with Crippen LogP contribution < -0.4 is 15.4 Å². The summed E-state index contributed by atoms with van der Waals surface area (Å²) >= 11 is 0. The molecule has 5 rings (SSSR count). The van der Waals surface area contributed by atoms with E-state index in [4.69, 9.17) is 4.74 Å². The van der Waals surface area contributed by atoms with Gasteiger partial charge in [-0.3, -0.25) is 0 Å². The van der Waals surface area contributed by atoms with E-state index in [1.54, 1.807) is 18.5 Å². The summed E-state index contributed by atoms with van der Waals surface area (Å²) in [6.45, 7) is 0. The van der Waals surface area contributed by atoms with Gasteiger partial charge < -0.3 is 14.6 Å². The van der Waals surface area contributed by atoms with Crippen LogP contribution in [-0.2, 0) is 0 Å². The van der Waals surface area contributed by atoms with E-state index < -0.39 is 0 Å². The molecule has 6 nitrogen and oxygen atoms in total. The summed E-state index contributed by atoms with van der Waals surface area (Å²) in [6.07, 6.45) is 5.51. The number of benzene rings is 2. The van der Waals surface area contributed by atoms with Crippen LogP contribution in [-0.4, -0.2) is 21.6 Å². The number of hydrogen-bond donors (Lipinski definition) is 1. The Hall–Kier alpha value is -3.42. The lowest BCUT2D eigenvalue weighted by molar-refractivity contribution is 0.442. The lowest BCUT2D eigenvalue weighted by Crippen LogP contribution is -2.04. The first kappa shape index (κ1) is 18.6. The van der Waals surface area contributed by atoms with Gasteiger partial charge in [-0.25, -0.2) is 9.97 Å². The van der Waals surface area contributed by atoms with E-state index in [9.17, 15) is 5.26 Å². The predicted octanol–water partition coefficient (Wildman–Crippen LogP) is 4.64. The molecule has 1 aliphatic carbocycles. The van der Waals surface area contributed by atoms with Crippen LogP contribution in [0, 0.1) is 11.3 Å². The van der Waals surface area contributed by atoms with Gasteiger partial charge in [0.25, 0.3) is 0 Å². The molecule has 1 unspecified atom stereocenters. The Labute approximate surface area is 176 Å². The summed E-state index contributed by atoms with van der Waals surface area (Å²) in [7, 11) is 4.68. The van der Waals surface area contributed by atoms with E-state index in [2.05, 4.69) is 53.4 Å². The van der Waals surface area contributed by atoms with Gasteiger partial charge >= 0.3 is 6.01 Å². The molecule has 148 valence electrons. The summed E-state index contributed by atoms with van der Waals surface area (Å²) in [6, 6.07) is 16.9. The highest BCUT2D eigenvalue weighted by Gasteiger charge is 2.31. The fourth-order valence-electron chi connectivity index (χ4n) is 3.84. The number of nitriles is 1. The predicted molar refractivity (Wildman–Crippen MR) is 121 cm³/mol. The molecule has 0 spiro atoms. The zero-order chi connectivity index (χ0) is 20.7. The first-order valence-electron chi connectivity index (χ1n) is 9.80. The topological polar surface area (TPSA) is 75.8 Å². The van der Waals surface area contributed by atoms with Crippen molar-refractivity contribution in [3.05, 3.63) is 60.4 Å². The van der Waals surface area contributed by atoms with Gasteiger partial charge in [0.15, 0.2) is 0 Å². The summed E-state index contributed by atoms with van der Waals surface area (Å²) in [5.74, 6) is 0.654. The van der Waals surface area contributed by atoms with Crippen molar-refractivity contribution in [2.45, 2.75) is 18.9 Å². The van der Waals surface area contributed by atoms with Crippen molar-refractivity contribution >= 4 is 31.1 Å². The second kappa shape index (κ2) is 7.44.